The third-order valence-corrected chi connectivity index (χ3v) is 6.17. The van der Waals surface area contributed by atoms with Crippen LogP contribution in [0.3, 0.4) is 0 Å². The number of carbonyl (C=O) groups is 1. The number of nitrogens with zero attached hydrogens (tertiary/aromatic N) is 2. The molecule has 0 spiro atoms. The summed E-state index contributed by atoms with van der Waals surface area (Å²) in [5.41, 5.74) is 1.01. The second kappa shape index (κ2) is 8.76. The Hall–Kier alpha value is -2.69. The molecule has 156 valence electrons. The summed E-state index contributed by atoms with van der Waals surface area (Å²) < 4.78 is 35.5. The van der Waals surface area contributed by atoms with Gasteiger partial charge in [-0.05, 0) is 30.5 Å². The van der Waals surface area contributed by atoms with Crippen LogP contribution in [0.2, 0.25) is 0 Å². The van der Waals surface area contributed by atoms with Crippen molar-refractivity contribution in [2.45, 2.75) is 19.9 Å². The molecule has 2 heterocycles. The molecule has 2 aromatic rings. The van der Waals surface area contributed by atoms with Crippen LogP contribution >= 0.6 is 0 Å². The molecule has 1 aromatic heterocycles. The summed E-state index contributed by atoms with van der Waals surface area (Å²) in [5.74, 6) is -1.19. The number of morpholine rings is 1. The van der Waals surface area contributed by atoms with Crippen LogP contribution in [-0.4, -0.2) is 54.7 Å². The summed E-state index contributed by atoms with van der Waals surface area (Å²) in [7, 11) is -3.99. The van der Waals surface area contributed by atoms with E-state index in [1.165, 1.54) is 4.31 Å². The Morgan fingerprint density at radius 3 is 2.48 bits per heavy atom. The van der Waals surface area contributed by atoms with E-state index in [0.717, 1.165) is 10.1 Å². The Morgan fingerprint density at radius 2 is 1.86 bits per heavy atom. The largest absolute Gasteiger partial charge is 0.480 e. The van der Waals surface area contributed by atoms with E-state index in [0.29, 0.717) is 17.7 Å². The van der Waals surface area contributed by atoms with Gasteiger partial charge in [0, 0.05) is 18.8 Å². The summed E-state index contributed by atoms with van der Waals surface area (Å²) in [6, 6.07) is 11.0. The minimum absolute atomic E-state index is 0.132. The second-order valence-electron chi connectivity index (χ2n) is 6.75. The SMILES string of the molecule is Cc1cc(Cc2ccccc2)c(NS(=O)(=O)N2CCOCC2)c(=O)n1CC(=O)O. The molecule has 2 N–H and O–H groups in total. The molecule has 0 radical (unpaired) electrons. The van der Waals surface area contributed by atoms with Gasteiger partial charge in [-0.25, -0.2) is 0 Å². The minimum atomic E-state index is -3.99. The predicted octanol–water partition coefficient (Wildman–Crippen LogP) is 0.821. The molecule has 1 saturated heterocycles. The Morgan fingerprint density at radius 1 is 1.21 bits per heavy atom. The number of carboxylic acids is 1. The van der Waals surface area contributed by atoms with Crippen molar-refractivity contribution < 1.29 is 23.1 Å². The van der Waals surface area contributed by atoms with Gasteiger partial charge >= 0.3 is 16.2 Å². The lowest BCUT2D eigenvalue weighted by Crippen LogP contribution is -2.44. The second-order valence-corrected chi connectivity index (χ2v) is 8.42. The molecule has 1 aliphatic heterocycles. The van der Waals surface area contributed by atoms with E-state index in [-0.39, 0.29) is 32.0 Å². The molecule has 29 heavy (non-hydrogen) atoms. The molecular weight excluding hydrogens is 398 g/mol. The van der Waals surface area contributed by atoms with Gasteiger partial charge in [-0.2, -0.15) is 12.7 Å². The van der Waals surface area contributed by atoms with Crippen LogP contribution < -0.4 is 10.3 Å². The Labute approximate surface area is 168 Å². The number of rotatable bonds is 7. The van der Waals surface area contributed by atoms with E-state index < -0.39 is 28.3 Å². The van der Waals surface area contributed by atoms with Gasteiger partial charge in [0.25, 0.3) is 5.56 Å². The molecule has 0 unspecified atom stereocenters. The molecule has 9 nitrogen and oxygen atoms in total. The average Bonchev–Trinajstić information content (AvgIpc) is 2.69. The molecule has 0 aliphatic carbocycles. The Balaban J connectivity index is 2.05. The number of ether oxygens (including phenoxy) is 1. The van der Waals surface area contributed by atoms with Crippen LogP contribution in [0, 0.1) is 6.92 Å². The van der Waals surface area contributed by atoms with Gasteiger partial charge in [0.05, 0.1) is 13.2 Å². The first kappa shape index (κ1) is 21.0. The maximum Gasteiger partial charge on any atom is 0.323 e. The normalized spacial score (nSPS) is 15.2. The van der Waals surface area contributed by atoms with Crippen LogP contribution in [0.15, 0.2) is 41.2 Å². The highest BCUT2D eigenvalue weighted by Crippen LogP contribution is 2.20. The molecule has 0 saturated carbocycles. The smallest absolute Gasteiger partial charge is 0.323 e. The topological polar surface area (TPSA) is 118 Å². The summed E-state index contributed by atoms with van der Waals surface area (Å²) >= 11 is 0. The molecule has 1 fully saturated rings. The monoisotopic (exact) mass is 421 g/mol. The molecule has 10 heteroatoms. The summed E-state index contributed by atoms with van der Waals surface area (Å²) in [6.07, 6.45) is 0.325. The molecule has 0 bridgehead atoms. The van der Waals surface area contributed by atoms with Gasteiger partial charge in [0.1, 0.15) is 12.2 Å². The minimum Gasteiger partial charge on any atom is -0.480 e. The van der Waals surface area contributed by atoms with E-state index in [1.54, 1.807) is 13.0 Å². The molecular formula is C19H23N3O6S. The van der Waals surface area contributed by atoms with Crippen molar-refractivity contribution in [1.29, 1.82) is 0 Å². The standard InChI is InChI=1S/C19H23N3O6S/c1-14-11-16(12-15-5-3-2-4-6-15)18(19(25)22(14)13-17(23)24)20-29(26,27)21-7-9-28-10-8-21/h2-6,11,20H,7-10,12-13H2,1H3,(H,23,24). The Bertz CT molecular complexity index is 1040. The van der Waals surface area contributed by atoms with Crippen molar-refractivity contribution >= 4 is 21.9 Å². The number of aliphatic carboxylic acids is 1. The lowest BCUT2D eigenvalue weighted by molar-refractivity contribution is -0.137. The molecule has 0 amide bonds. The number of benzene rings is 1. The van der Waals surface area contributed by atoms with Gasteiger partial charge in [0.15, 0.2) is 0 Å². The fourth-order valence-electron chi connectivity index (χ4n) is 3.21. The molecule has 1 aliphatic rings. The zero-order valence-corrected chi connectivity index (χ0v) is 16.8. The van der Waals surface area contributed by atoms with Crippen LogP contribution in [0.1, 0.15) is 16.8 Å². The van der Waals surface area contributed by atoms with Gasteiger partial charge in [-0.15, -0.1) is 0 Å². The number of hydrogen-bond donors (Lipinski definition) is 2. The van der Waals surface area contributed by atoms with Gasteiger partial charge in [0.2, 0.25) is 0 Å². The van der Waals surface area contributed by atoms with E-state index in [9.17, 15) is 18.0 Å². The fraction of sp³-hybridized carbons (Fsp3) is 0.368. The third kappa shape index (κ3) is 5.03. The van der Waals surface area contributed by atoms with Crippen LogP contribution in [0.5, 0.6) is 0 Å². The third-order valence-electron chi connectivity index (χ3n) is 4.66. The number of anilines is 1. The highest BCUT2D eigenvalue weighted by Gasteiger charge is 2.27. The fourth-order valence-corrected chi connectivity index (χ4v) is 4.45. The number of nitrogens with one attached hydrogen (secondary N) is 1. The van der Waals surface area contributed by atoms with Crippen LogP contribution in [0.4, 0.5) is 5.69 Å². The van der Waals surface area contributed by atoms with E-state index in [4.69, 9.17) is 9.84 Å². The number of pyridine rings is 1. The highest BCUT2D eigenvalue weighted by molar-refractivity contribution is 7.90. The predicted molar refractivity (Wildman–Crippen MR) is 107 cm³/mol. The first-order valence-corrected chi connectivity index (χ1v) is 10.6. The zero-order valence-electron chi connectivity index (χ0n) is 16.0. The average molecular weight is 421 g/mol. The zero-order chi connectivity index (χ0) is 21.0. The lowest BCUT2D eigenvalue weighted by Gasteiger charge is -2.27. The summed E-state index contributed by atoms with van der Waals surface area (Å²) in [6.45, 7) is 1.97. The molecule has 1 aromatic carbocycles. The van der Waals surface area contributed by atoms with Crippen molar-refractivity contribution in [2.24, 2.45) is 0 Å². The number of carboxylic acid groups (broad SMARTS) is 1. The maximum atomic E-state index is 13.0. The van der Waals surface area contributed by atoms with E-state index >= 15 is 0 Å². The van der Waals surface area contributed by atoms with Crippen molar-refractivity contribution in [1.82, 2.24) is 8.87 Å². The molecule has 3 rings (SSSR count). The van der Waals surface area contributed by atoms with E-state index in [2.05, 4.69) is 4.72 Å². The summed E-state index contributed by atoms with van der Waals surface area (Å²) in [5, 5.41) is 9.13. The van der Waals surface area contributed by atoms with Crippen molar-refractivity contribution in [3.63, 3.8) is 0 Å². The number of hydrogen-bond acceptors (Lipinski definition) is 5. The van der Waals surface area contributed by atoms with Gasteiger partial charge in [-0.3, -0.25) is 18.9 Å². The molecule has 0 atom stereocenters. The Kier molecular flexibility index (Phi) is 6.36. The number of aryl methyl sites for hydroxylation is 1. The van der Waals surface area contributed by atoms with E-state index in [1.807, 2.05) is 30.3 Å². The van der Waals surface area contributed by atoms with Crippen LogP contribution in [-0.2, 0) is 32.7 Å². The van der Waals surface area contributed by atoms with Crippen molar-refractivity contribution in [3.05, 3.63) is 63.6 Å². The number of aromatic nitrogens is 1. The first-order valence-electron chi connectivity index (χ1n) is 9.12. The van der Waals surface area contributed by atoms with Crippen LogP contribution in [0.25, 0.3) is 0 Å². The summed E-state index contributed by atoms with van der Waals surface area (Å²) in [4.78, 5) is 24.2. The highest BCUT2D eigenvalue weighted by atomic mass is 32.2. The quantitative estimate of drug-likeness (QED) is 0.683. The van der Waals surface area contributed by atoms with Crippen molar-refractivity contribution in [2.75, 3.05) is 31.0 Å². The van der Waals surface area contributed by atoms with Gasteiger partial charge < -0.3 is 9.84 Å². The van der Waals surface area contributed by atoms with Gasteiger partial charge in [-0.1, -0.05) is 30.3 Å². The maximum absolute atomic E-state index is 13.0. The lowest BCUT2D eigenvalue weighted by atomic mass is 10.0. The first-order chi connectivity index (χ1) is 13.8. The van der Waals surface area contributed by atoms with Crippen molar-refractivity contribution in [3.8, 4) is 0 Å².